The summed E-state index contributed by atoms with van der Waals surface area (Å²) >= 11 is 5.95. The summed E-state index contributed by atoms with van der Waals surface area (Å²) in [6.45, 7) is 0. The number of benzene rings is 2. The van der Waals surface area contributed by atoms with Crippen molar-refractivity contribution in [1.82, 2.24) is 0 Å². The highest BCUT2D eigenvalue weighted by Gasteiger charge is 2.19. The molecular weight excluding hydrogens is 298 g/mol. The van der Waals surface area contributed by atoms with Crippen LogP contribution in [-0.4, -0.2) is 18.0 Å². The van der Waals surface area contributed by atoms with E-state index in [9.17, 15) is 14.9 Å². The normalized spacial score (nSPS) is 10.0. The van der Waals surface area contributed by atoms with Crippen LogP contribution in [-0.2, 0) is 4.74 Å². The number of esters is 1. The number of carbonyl (C=O) groups excluding carboxylic acids is 1. The van der Waals surface area contributed by atoms with E-state index in [0.717, 1.165) is 0 Å². The Morgan fingerprint density at radius 1 is 1.19 bits per heavy atom. The Hall–Kier alpha value is -2.60. The van der Waals surface area contributed by atoms with Crippen LogP contribution in [0.1, 0.15) is 10.4 Å². The van der Waals surface area contributed by atoms with E-state index in [-0.39, 0.29) is 22.7 Å². The lowest BCUT2D eigenvalue weighted by molar-refractivity contribution is -0.385. The fraction of sp³-hybridized carbons (Fsp3) is 0.0714. The summed E-state index contributed by atoms with van der Waals surface area (Å²) < 4.78 is 10.0. The number of nitrogens with zero attached hydrogens (tertiary/aromatic N) is 1. The highest BCUT2D eigenvalue weighted by molar-refractivity contribution is 6.32. The SMILES string of the molecule is COC(=O)c1ccc([N+](=O)[O-])c(Oc2ccccc2Cl)c1. The highest BCUT2D eigenvalue weighted by atomic mass is 35.5. The Labute approximate surface area is 125 Å². The van der Waals surface area contributed by atoms with Gasteiger partial charge in [-0.15, -0.1) is 0 Å². The topological polar surface area (TPSA) is 78.7 Å². The molecule has 0 spiro atoms. The Balaban J connectivity index is 2.46. The molecule has 7 heteroatoms. The van der Waals surface area contributed by atoms with Crippen molar-refractivity contribution in [2.45, 2.75) is 0 Å². The molecule has 0 aliphatic heterocycles. The fourth-order valence-corrected chi connectivity index (χ4v) is 1.81. The van der Waals surface area contributed by atoms with Crippen molar-refractivity contribution in [2.24, 2.45) is 0 Å². The van der Waals surface area contributed by atoms with E-state index in [1.165, 1.54) is 25.3 Å². The maximum absolute atomic E-state index is 11.5. The van der Waals surface area contributed by atoms with Crippen LogP contribution in [0.25, 0.3) is 0 Å². The quantitative estimate of drug-likeness (QED) is 0.487. The molecule has 0 aromatic heterocycles. The van der Waals surface area contributed by atoms with Crippen LogP contribution in [0, 0.1) is 10.1 Å². The first-order chi connectivity index (χ1) is 10.0. The van der Waals surface area contributed by atoms with Crippen LogP contribution in [0.4, 0.5) is 5.69 Å². The second kappa shape index (κ2) is 6.23. The summed E-state index contributed by atoms with van der Waals surface area (Å²) in [5.41, 5.74) is -0.132. The average Bonchev–Trinajstić information content (AvgIpc) is 2.48. The number of para-hydroxylation sites is 1. The molecule has 0 saturated carbocycles. The molecule has 108 valence electrons. The van der Waals surface area contributed by atoms with Gasteiger partial charge < -0.3 is 9.47 Å². The molecule has 0 unspecified atom stereocenters. The second-order valence-corrected chi connectivity index (χ2v) is 4.37. The van der Waals surface area contributed by atoms with E-state index in [4.69, 9.17) is 16.3 Å². The number of hydrogen-bond donors (Lipinski definition) is 0. The lowest BCUT2D eigenvalue weighted by Crippen LogP contribution is -2.02. The molecule has 0 atom stereocenters. The predicted octanol–water partition coefficient (Wildman–Crippen LogP) is 3.83. The zero-order valence-electron chi connectivity index (χ0n) is 10.9. The molecule has 21 heavy (non-hydrogen) atoms. The zero-order valence-corrected chi connectivity index (χ0v) is 11.7. The minimum atomic E-state index is -0.617. The lowest BCUT2D eigenvalue weighted by atomic mass is 10.2. The van der Waals surface area contributed by atoms with Crippen LogP contribution in [0.3, 0.4) is 0 Å². The molecule has 0 saturated heterocycles. The van der Waals surface area contributed by atoms with E-state index in [2.05, 4.69) is 4.74 Å². The number of ether oxygens (including phenoxy) is 2. The van der Waals surface area contributed by atoms with Crippen molar-refractivity contribution < 1.29 is 19.2 Å². The maximum atomic E-state index is 11.5. The van der Waals surface area contributed by atoms with Crippen LogP contribution in [0.15, 0.2) is 42.5 Å². The molecule has 6 nitrogen and oxygen atoms in total. The molecule has 0 bridgehead atoms. The highest BCUT2D eigenvalue weighted by Crippen LogP contribution is 2.35. The van der Waals surface area contributed by atoms with Gasteiger partial charge in [0.2, 0.25) is 5.75 Å². The van der Waals surface area contributed by atoms with Gasteiger partial charge in [0.05, 0.1) is 22.6 Å². The Kier molecular flexibility index (Phi) is 4.39. The molecule has 0 amide bonds. The number of methoxy groups -OCH3 is 1. The van der Waals surface area contributed by atoms with E-state index >= 15 is 0 Å². The van der Waals surface area contributed by atoms with Crippen molar-refractivity contribution in [2.75, 3.05) is 7.11 Å². The van der Waals surface area contributed by atoms with E-state index in [1.807, 2.05) is 0 Å². The third-order valence-corrected chi connectivity index (χ3v) is 2.95. The van der Waals surface area contributed by atoms with Gasteiger partial charge in [-0.05, 0) is 18.2 Å². The number of hydrogen-bond acceptors (Lipinski definition) is 5. The molecule has 0 aliphatic rings. The number of halogens is 1. The van der Waals surface area contributed by atoms with E-state index < -0.39 is 10.9 Å². The van der Waals surface area contributed by atoms with Gasteiger partial charge >= 0.3 is 11.7 Å². The summed E-state index contributed by atoms with van der Waals surface area (Å²) in [5.74, 6) is -0.450. The van der Waals surface area contributed by atoms with Crippen molar-refractivity contribution >= 4 is 23.3 Å². The van der Waals surface area contributed by atoms with Gasteiger partial charge in [0.15, 0.2) is 0 Å². The maximum Gasteiger partial charge on any atom is 0.337 e. The van der Waals surface area contributed by atoms with E-state index in [0.29, 0.717) is 5.02 Å². The van der Waals surface area contributed by atoms with Crippen molar-refractivity contribution in [1.29, 1.82) is 0 Å². The number of rotatable bonds is 4. The standard InChI is InChI=1S/C14H10ClNO5/c1-20-14(17)9-6-7-11(16(18)19)13(8-9)21-12-5-3-2-4-10(12)15/h2-8H,1H3. The van der Waals surface area contributed by atoms with Gasteiger partial charge in [-0.25, -0.2) is 4.79 Å². The predicted molar refractivity (Wildman–Crippen MR) is 76.0 cm³/mol. The molecule has 0 aliphatic carbocycles. The number of carbonyl (C=O) groups is 1. The first kappa shape index (κ1) is 14.8. The van der Waals surface area contributed by atoms with Crippen molar-refractivity contribution in [3.63, 3.8) is 0 Å². The zero-order chi connectivity index (χ0) is 15.4. The third kappa shape index (κ3) is 3.29. The number of nitro groups is 1. The molecule has 0 radical (unpaired) electrons. The van der Waals surface area contributed by atoms with Crippen LogP contribution < -0.4 is 4.74 Å². The summed E-state index contributed by atoms with van der Waals surface area (Å²) in [5, 5.41) is 11.3. The van der Waals surface area contributed by atoms with Crippen LogP contribution in [0.2, 0.25) is 5.02 Å². The average molecular weight is 308 g/mol. The lowest BCUT2D eigenvalue weighted by Gasteiger charge is -2.09. The Morgan fingerprint density at radius 3 is 2.52 bits per heavy atom. The Bertz CT molecular complexity index is 702. The van der Waals surface area contributed by atoms with Gasteiger partial charge in [-0.2, -0.15) is 0 Å². The largest absolute Gasteiger partial charge is 0.465 e. The molecule has 0 fully saturated rings. The molecule has 0 N–H and O–H groups in total. The molecule has 2 aromatic carbocycles. The van der Waals surface area contributed by atoms with Crippen LogP contribution in [0.5, 0.6) is 11.5 Å². The fourth-order valence-electron chi connectivity index (χ4n) is 1.64. The minimum Gasteiger partial charge on any atom is -0.465 e. The van der Waals surface area contributed by atoms with Crippen LogP contribution >= 0.6 is 11.6 Å². The summed E-state index contributed by atoms with van der Waals surface area (Å²) in [6.07, 6.45) is 0. The summed E-state index contributed by atoms with van der Waals surface area (Å²) in [4.78, 5) is 21.9. The molecule has 0 heterocycles. The third-order valence-electron chi connectivity index (χ3n) is 2.63. The van der Waals surface area contributed by atoms with Gasteiger partial charge in [0.1, 0.15) is 5.75 Å². The molecular formula is C14H10ClNO5. The second-order valence-electron chi connectivity index (χ2n) is 3.96. The summed E-state index contributed by atoms with van der Waals surface area (Å²) in [6, 6.07) is 10.3. The molecule has 2 aromatic rings. The summed E-state index contributed by atoms with van der Waals surface area (Å²) in [7, 11) is 1.22. The van der Waals surface area contributed by atoms with Gasteiger partial charge in [-0.1, -0.05) is 23.7 Å². The van der Waals surface area contributed by atoms with Gasteiger partial charge in [-0.3, -0.25) is 10.1 Å². The van der Waals surface area contributed by atoms with Gasteiger partial charge in [0.25, 0.3) is 0 Å². The Morgan fingerprint density at radius 2 is 1.90 bits per heavy atom. The van der Waals surface area contributed by atoms with Crippen molar-refractivity contribution in [3.05, 3.63) is 63.2 Å². The molecule has 2 rings (SSSR count). The first-order valence-corrected chi connectivity index (χ1v) is 6.20. The minimum absolute atomic E-state index is 0.0870. The monoisotopic (exact) mass is 307 g/mol. The number of nitro benzene ring substituents is 1. The van der Waals surface area contributed by atoms with Crippen molar-refractivity contribution in [3.8, 4) is 11.5 Å². The first-order valence-electron chi connectivity index (χ1n) is 5.82. The smallest absolute Gasteiger partial charge is 0.337 e. The van der Waals surface area contributed by atoms with Gasteiger partial charge in [0, 0.05) is 12.1 Å². The van der Waals surface area contributed by atoms with E-state index in [1.54, 1.807) is 24.3 Å².